The molecule has 0 spiro atoms. The fourth-order valence-corrected chi connectivity index (χ4v) is 2.64. The Morgan fingerprint density at radius 2 is 2.28 bits per heavy atom. The molecular formula is C13H17ClN2O2. The van der Waals surface area contributed by atoms with Crippen molar-refractivity contribution in [1.82, 2.24) is 5.32 Å². The van der Waals surface area contributed by atoms with E-state index in [0.29, 0.717) is 17.6 Å². The summed E-state index contributed by atoms with van der Waals surface area (Å²) in [4.78, 5) is 10.3. The topological polar surface area (TPSA) is 55.2 Å². The molecule has 0 radical (unpaired) electrons. The van der Waals surface area contributed by atoms with E-state index in [4.69, 9.17) is 11.6 Å². The number of nitro groups is 1. The van der Waals surface area contributed by atoms with Crippen molar-refractivity contribution in [2.24, 2.45) is 5.92 Å². The van der Waals surface area contributed by atoms with Crippen LogP contribution in [0, 0.1) is 16.0 Å². The van der Waals surface area contributed by atoms with Gasteiger partial charge in [-0.3, -0.25) is 10.1 Å². The van der Waals surface area contributed by atoms with Gasteiger partial charge >= 0.3 is 0 Å². The van der Waals surface area contributed by atoms with Crippen molar-refractivity contribution < 1.29 is 4.92 Å². The largest absolute Gasteiger partial charge is 0.310 e. The summed E-state index contributed by atoms with van der Waals surface area (Å²) in [6, 6.07) is 5.08. The Labute approximate surface area is 111 Å². The molecule has 1 aromatic carbocycles. The van der Waals surface area contributed by atoms with Crippen molar-refractivity contribution in [1.29, 1.82) is 0 Å². The Bertz CT molecular complexity index is 451. The highest BCUT2D eigenvalue weighted by Gasteiger charge is 2.21. The lowest BCUT2D eigenvalue weighted by Crippen LogP contribution is -2.25. The maximum absolute atomic E-state index is 10.7. The van der Waals surface area contributed by atoms with E-state index in [1.54, 1.807) is 12.1 Å². The van der Waals surface area contributed by atoms with Crippen LogP contribution in [0.25, 0.3) is 0 Å². The predicted molar refractivity (Wildman–Crippen MR) is 71.7 cm³/mol. The summed E-state index contributed by atoms with van der Waals surface area (Å²) in [6.45, 7) is 2.85. The number of nitro benzene ring substituents is 1. The molecule has 1 aliphatic carbocycles. The zero-order chi connectivity index (χ0) is 13.1. The minimum absolute atomic E-state index is 0.0935. The quantitative estimate of drug-likeness (QED) is 0.671. The van der Waals surface area contributed by atoms with Crippen LogP contribution >= 0.6 is 11.6 Å². The van der Waals surface area contributed by atoms with Crippen molar-refractivity contribution in [3.8, 4) is 0 Å². The lowest BCUT2D eigenvalue weighted by molar-refractivity contribution is -0.384. The molecule has 0 saturated heterocycles. The number of nitrogens with zero attached hydrogens (tertiary/aromatic N) is 1. The highest BCUT2D eigenvalue weighted by atomic mass is 35.5. The van der Waals surface area contributed by atoms with E-state index in [1.165, 1.54) is 25.3 Å². The van der Waals surface area contributed by atoms with Crippen LogP contribution in [-0.4, -0.2) is 11.0 Å². The first-order valence-corrected chi connectivity index (χ1v) is 6.60. The Morgan fingerprint density at radius 3 is 2.89 bits per heavy atom. The first-order chi connectivity index (χ1) is 8.56. The molecule has 1 aliphatic rings. The Kier molecular flexibility index (Phi) is 4.19. The van der Waals surface area contributed by atoms with E-state index in [-0.39, 0.29) is 5.69 Å². The van der Waals surface area contributed by atoms with E-state index >= 15 is 0 Å². The van der Waals surface area contributed by atoms with Crippen LogP contribution in [0.4, 0.5) is 5.69 Å². The molecule has 2 unspecified atom stereocenters. The van der Waals surface area contributed by atoms with Crippen LogP contribution in [0.3, 0.4) is 0 Å². The molecule has 0 aliphatic heterocycles. The molecule has 4 nitrogen and oxygen atoms in total. The van der Waals surface area contributed by atoms with E-state index in [2.05, 4.69) is 12.2 Å². The van der Waals surface area contributed by atoms with Gasteiger partial charge in [0.15, 0.2) is 0 Å². The van der Waals surface area contributed by atoms with Crippen molar-refractivity contribution >= 4 is 17.3 Å². The maximum atomic E-state index is 10.7. The molecule has 98 valence electrons. The predicted octanol–water partition coefficient (Wildman–Crippen LogP) is 3.53. The van der Waals surface area contributed by atoms with Gasteiger partial charge in [-0.25, -0.2) is 0 Å². The second-order valence-corrected chi connectivity index (χ2v) is 5.44. The third-order valence-electron chi connectivity index (χ3n) is 3.52. The van der Waals surface area contributed by atoms with Gasteiger partial charge in [0, 0.05) is 29.7 Å². The van der Waals surface area contributed by atoms with Gasteiger partial charge < -0.3 is 5.32 Å². The van der Waals surface area contributed by atoms with Crippen LogP contribution in [-0.2, 0) is 6.54 Å². The standard InChI is InChI=1S/C13H17ClN2O2/c1-9-2-3-11(6-9)15-8-10-7-12(16(17)18)4-5-13(10)14/h4-5,7,9,11,15H,2-3,6,8H2,1H3. The summed E-state index contributed by atoms with van der Waals surface area (Å²) >= 11 is 6.05. The molecule has 0 aromatic heterocycles. The highest BCUT2D eigenvalue weighted by molar-refractivity contribution is 6.31. The number of benzene rings is 1. The number of nitrogens with one attached hydrogen (secondary N) is 1. The number of non-ortho nitro benzene ring substituents is 1. The van der Waals surface area contributed by atoms with E-state index in [1.807, 2.05) is 0 Å². The fraction of sp³-hybridized carbons (Fsp3) is 0.538. The van der Waals surface area contributed by atoms with Crippen LogP contribution in [0.15, 0.2) is 18.2 Å². The highest BCUT2D eigenvalue weighted by Crippen LogP contribution is 2.26. The SMILES string of the molecule is CC1CCC(NCc2cc([N+](=O)[O-])ccc2Cl)C1. The molecule has 2 rings (SSSR count). The van der Waals surface area contributed by atoms with Gasteiger partial charge in [0.1, 0.15) is 0 Å². The van der Waals surface area contributed by atoms with Gasteiger partial charge in [0.2, 0.25) is 0 Å². The minimum Gasteiger partial charge on any atom is -0.310 e. The maximum Gasteiger partial charge on any atom is 0.269 e. The second kappa shape index (κ2) is 5.67. The average molecular weight is 269 g/mol. The Hall–Kier alpha value is -1.13. The van der Waals surface area contributed by atoms with E-state index < -0.39 is 4.92 Å². The molecule has 5 heteroatoms. The van der Waals surface area contributed by atoms with E-state index in [9.17, 15) is 10.1 Å². The first kappa shape index (κ1) is 13.3. The normalized spacial score (nSPS) is 23.2. The molecule has 1 saturated carbocycles. The summed E-state index contributed by atoms with van der Waals surface area (Å²) in [5, 5.41) is 14.7. The van der Waals surface area contributed by atoms with Crippen LogP contribution in [0.2, 0.25) is 5.02 Å². The number of rotatable bonds is 4. The minimum atomic E-state index is -0.391. The molecule has 0 amide bonds. The Balaban J connectivity index is 2.00. The second-order valence-electron chi connectivity index (χ2n) is 5.03. The molecular weight excluding hydrogens is 252 g/mol. The molecule has 0 bridgehead atoms. The van der Waals surface area contributed by atoms with Crippen molar-refractivity contribution in [3.05, 3.63) is 38.9 Å². The monoisotopic (exact) mass is 268 g/mol. The smallest absolute Gasteiger partial charge is 0.269 e. The average Bonchev–Trinajstić information content (AvgIpc) is 2.74. The zero-order valence-electron chi connectivity index (χ0n) is 10.4. The van der Waals surface area contributed by atoms with E-state index in [0.717, 1.165) is 11.5 Å². The number of hydrogen-bond donors (Lipinski definition) is 1. The molecule has 0 heterocycles. The molecule has 1 aromatic rings. The molecule has 1 fully saturated rings. The summed E-state index contributed by atoms with van der Waals surface area (Å²) in [7, 11) is 0. The zero-order valence-corrected chi connectivity index (χ0v) is 11.1. The van der Waals surface area contributed by atoms with Gasteiger partial charge in [0.25, 0.3) is 5.69 Å². The fourth-order valence-electron chi connectivity index (χ4n) is 2.46. The third kappa shape index (κ3) is 3.21. The third-order valence-corrected chi connectivity index (χ3v) is 3.88. The summed E-state index contributed by atoms with van der Waals surface area (Å²) in [6.07, 6.45) is 3.60. The summed E-state index contributed by atoms with van der Waals surface area (Å²) in [5.74, 6) is 0.767. The van der Waals surface area contributed by atoms with Crippen molar-refractivity contribution in [2.75, 3.05) is 0 Å². The van der Waals surface area contributed by atoms with Gasteiger partial charge in [-0.2, -0.15) is 0 Å². The Morgan fingerprint density at radius 1 is 1.50 bits per heavy atom. The number of hydrogen-bond acceptors (Lipinski definition) is 3. The van der Waals surface area contributed by atoms with Crippen LogP contribution in [0.1, 0.15) is 31.7 Å². The van der Waals surface area contributed by atoms with Gasteiger partial charge in [-0.05, 0) is 36.8 Å². The van der Waals surface area contributed by atoms with Crippen LogP contribution < -0.4 is 5.32 Å². The summed E-state index contributed by atoms with van der Waals surface area (Å²) in [5.41, 5.74) is 0.890. The van der Waals surface area contributed by atoms with Crippen LogP contribution in [0.5, 0.6) is 0 Å². The molecule has 1 N–H and O–H groups in total. The lowest BCUT2D eigenvalue weighted by Gasteiger charge is -2.13. The summed E-state index contributed by atoms with van der Waals surface area (Å²) < 4.78 is 0. The van der Waals surface area contributed by atoms with Crippen molar-refractivity contribution in [2.45, 2.75) is 38.8 Å². The molecule has 18 heavy (non-hydrogen) atoms. The lowest BCUT2D eigenvalue weighted by atomic mass is 10.1. The van der Waals surface area contributed by atoms with Gasteiger partial charge in [-0.15, -0.1) is 0 Å². The number of halogens is 1. The van der Waals surface area contributed by atoms with Crippen molar-refractivity contribution in [3.63, 3.8) is 0 Å². The van der Waals surface area contributed by atoms with Gasteiger partial charge in [0.05, 0.1) is 4.92 Å². The van der Waals surface area contributed by atoms with Gasteiger partial charge in [-0.1, -0.05) is 18.5 Å². The molecule has 2 atom stereocenters. The first-order valence-electron chi connectivity index (χ1n) is 6.22.